The fourth-order valence-corrected chi connectivity index (χ4v) is 2.72. The van der Waals surface area contributed by atoms with Crippen molar-refractivity contribution in [3.05, 3.63) is 60.2 Å². The summed E-state index contributed by atoms with van der Waals surface area (Å²) in [7, 11) is 2.06. The zero-order valence-corrected chi connectivity index (χ0v) is 12.6. The Hall–Kier alpha value is -2.20. The molecule has 4 heteroatoms. The zero-order chi connectivity index (χ0) is 14.8. The second-order valence-electron chi connectivity index (χ2n) is 5.38. The van der Waals surface area contributed by atoms with E-state index in [9.17, 15) is 0 Å². The fraction of sp³-hybridized carbons (Fsp3) is 0.294. The average molecular weight is 280 g/mol. The number of nitrogens with zero attached hydrogens (tertiary/aromatic N) is 3. The lowest BCUT2D eigenvalue weighted by molar-refractivity contribution is 0.462. The minimum Gasteiger partial charge on any atom is -0.330 e. The predicted octanol–water partition coefficient (Wildman–Crippen LogP) is 3.38. The Bertz CT molecular complexity index is 733. The summed E-state index contributed by atoms with van der Waals surface area (Å²) in [6.45, 7) is 4.27. The first kappa shape index (κ1) is 13.8. The van der Waals surface area contributed by atoms with Gasteiger partial charge in [0.25, 0.3) is 0 Å². The number of benzene rings is 1. The lowest BCUT2D eigenvalue weighted by Crippen LogP contribution is -2.25. The molecule has 1 N–H and O–H groups in total. The smallest absolute Gasteiger partial charge is 0.126 e. The Kier molecular flexibility index (Phi) is 3.71. The van der Waals surface area contributed by atoms with Crippen LogP contribution in [0.5, 0.6) is 0 Å². The van der Waals surface area contributed by atoms with E-state index in [1.54, 1.807) is 0 Å². The number of para-hydroxylation sites is 2. The Morgan fingerprint density at radius 2 is 1.76 bits per heavy atom. The molecule has 0 radical (unpaired) electrons. The van der Waals surface area contributed by atoms with Gasteiger partial charge in [0, 0.05) is 19.3 Å². The summed E-state index contributed by atoms with van der Waals surface area (Å²) < 4.78 is 2.15. The number of rotatable bonds is 4. The molecule has 0 aliphatic rings. The zero-order valence-electron chi connectivity index (χ0n) is 12.6. The van der Waals surface area contributed by atoms with E-state index < -0.39 is 0 Å². The van der Waals surface area contributed by atoms with Gasteiger partial charge in [-0.2, -0.15) is 0 Å². The number of pyridine rings is 1. The number of hydrogen-bond donors (Lipinski definition) is 1. The van der Waals surface area contributed by atoms with Gasteiger partial charge in [0.05, 0.1) is 22.8 Å². The summed E-state index contributed by atoms with van der Waals surface area (Å²) in [5.74, 6) is 1.04. The Balaban J connectivity index is 1.84. The minimum atomic E-state index is 0.152. The van der Waals surface area contributed by atoms with Crippen molar-refractivity contribution in [3.8, 4) is 0 Å². The predicted molar refractivity (Wildman–Crippen MR) is 84.9 cm³/mol. The monoisotopic (exact) mass is 280 g/mol. The van der Waals surface area contributed by atoms with Crippen LogP contribution in [0.1, 0.15) is 37.4 Å². The number of aromatic nitrogens is 3. The molecule has 3 aromatic rings. The highest BCUT2D eigenvalue weighted by Crippen LogP contribution is 2.21. The van der Waals surface area contributed by atoms with Crippen molar-refractivity contribution in [2.24, 2.45) is 7.05 Å². The molecule has 1 aromatic carbocycles. The first-order chi connectivity index (χ1) is 10.2. The highest BCUT2D eigenvalue weighted by Gasteiger charge is 2.17. The maximum atomic E-state index is 4.74. The van der Waals surface area contributed by atoms with E-state index in [1.165, 1.54) is 0 Å². The van der Waals surface area contributed by atoms with Gasteiger partial charge in [0.15, 0.2) is 0 Å². The molecular weight excluding hydrogens is 260 g/mol. The third-order valence-corrected chi connectivity index (χ3v) is 3.84. The van der Waals surface area contributed by atoms with Gasteiger partial charge >= 0.3 is 0 Å². The molecule has 0 aliphatic carbocycles. The van der Waals surface area contributed by atoms with Crippen LogP contribution in [0.15, 0.2) is 48.7 Å². The maximum Gasteiger partial charge on any atom is 0.126 e. The molecule has 108 valence electrons. The standard InChI is InChI=1S/C17H20N4/c1-12(14-8-6-7-11-18-14)19-13(2)17-20-15-9-4-5-10-16(15)21(17)3/h4-13,19H,1-3H3. The third kappa shape index (κ3) is 2.67. The summed E-state index contributed by atoms with van der Waals surface area (Å²) in [6.07, 6.45) is 1.83. The van der Waals surface area contributed by atoms with Gasteiger partial charge in [-0.25, -0.2) is 4.98 Å². The third-order valence-electron chi connectivity index (χ3n) is 3.84. The number of nitrogens with one attached hydrogen (secondary N) is 1. The van der Waals surface area contributed by atoms with Gasteiger partial charge in [-0.05, 0) is 38.1 Å². The molecule has 0 aliphatic heterocycles. The molecule has 0 amide bonds. The van der Waals surface area contributed by atoms with Crippen LogP contribution in [0.4, 0.5) is 0 Å². The summed E-state index contributed by atoms with van der Waals surface area (Å²) in [5.41, 5.74) is 3.24. The normalized spacial score (nSPS) is 14.2. The molecule has 0 bridgehead atoms. The van der Waals surface area contributed by atoms with Gasteiger partial charge in [-0.3, -0.25) is 10.3 Å². The number of imidazole rings is 1. The fourth-order valence-electron chi connectivity index (χ4n) is 2.72. The molecule has 0 fully saturated rings. The molecular formula is C17H20N4. The van der Waals surface area contributed by atoms with Crippen LogP contribution in [0.3, 0.4) is 0 Å². The van der Waals surface area contributed by atoms with Crippen molar-refractivity contribution in [1.82, 2.24) is 19.9 Å². The van der Waals surface area contributed by atoms with Gasteiger partial charge < -0.3 is 4.57 Å². The van der Waals surface area contributed by atoms with E-state index in [0.29, 0.717) is 0 Å². The molecule has 21 heavy (non-hydrogen) atoms. The summed E-state index contributed by atoms with van der Waals surface area (Å²) >= 11 is 0. The lowest BCUT2D eigenvalue weighted by Gasteiger charge is -2.19. The van der Waals surface area contributed by atoms with E-state index in [2.05, 4.69) is 41.8 Å². The summed E-state index contributed by atoms with van der Waals surface area (Å²) in [5, 5.41) is 3.57. The van der Waals surface area contributed by atoms with Crippen LogP contribution < -0.4 is 5.32 Å². The van der Waals surface area contributed by atoms with Crippen molar-refractivity contribution < 1.29 is 0 Å². The molecule has 0 saturated carbocycles. The second kappa shape index (κ2) is 5.66. The maximum absolute atomic E-state index is 4.74. The number of aryl methyl sites for hydroxylation is 1. The second-order valence-corrected chi connectivity index (χ2v) is 5.38. The largest absolute Gasteiger partial charge is 0.330 e. The Labute approximate surface area is 124 Å². The van der Waals surface area contributed by atoms with Gasteiger partial charge in [0.1, 0.15) is 5.82 Å². The lowest BCUT2D eigenvalue weighted by atomic mass is 10.2. The van der Waals surface area contributed by atoms with Crippen LogP contribution in [0, 0.1) is 0 Å². The van der Waals surface area contributed by atoms with E-state index in [4.69, 9.17) is 4.98 Å². The SMILES string of the molecule is CC(NC(C)c1nc2ccccc2n1C)c1ccccn1. The molecule has 0 saturated heterocycles. The minimum absolute atomic E-state index is 0.152. The highest BCUT2D eigenvalue weighted by atomic mass is 15.1. The van der Waals surface area contributed by atoms with Crippen LogP contribution in [-0.4, -0.2) is 14.5 Å². The molecule has 2 heterocycles. The molecule has 2 unspecified atom stereocenters. The Morgan fingerprint density at radius 3 is 2.48 bits per heavy atom. The van der Waals surface area contributed by atoms with E-state index in [0.717, 1.165) is 22.6 Å². The van der Waals surface area contributed by atoms with Gasteiger partial charge in [-0.1, -0.05) is 18.2 Å². The van der Waals surface area contributed by atoms with Crippen LogP contribution >= 0.6 is 0 Å². The van der Waals surface area contributed by atoms with Crippen LogP contribution in [-0.2, 0) is 7.05 Å². The summed E-state index contributed by atoms with van der Waals surface area (Å²) in [6, 6.07) is 14.5. The summed E-state index contributed by atoms with van der Waals surface area (Å²) in [4.78, 5) is 9.14. The quantitative estimate of drug-likeness (QED) is 0.796. The van der Waals surface area contributed by atoms with Crippen molar-refractivity contribution in [2.45, 2.75) is 25.9 Å². The first-order valence-electron chi connectivity index (χ1n) is 7.25. The van der Waals surface area contributed by atoms with E-state index in [-0.39, 0.29) is 12.1 Å². The molecule has 0 spiro atoms. The highest BCUT2D eigenvalue weighted by molar-refractivity contribution is 5.75. The van der Waals surface area contributed by atoms with Crippen LogP contribution in [0.25, 0.3) is 11.0 Å². The van der Waals surface area contributed by atoms with Gasteiger partial charge in [-0.15, -0.1) is 0 Å². The van der Waals surface area contributed by atoms with Crippen molar-refractivity contribution in [1.29, 1.82) is 0 Å². The van der Waals surface area contributed by atoms with Crippen LogP contribution in [0.2, 0.25) is 0 Å². The molecule has 4 nitrogen and oxygen atoms in total. The average Bonchev–Trinajstić information content (AvgIpc) is 2.86. The van der Waals surface area contributed by atoms with Gasteiger partial charge in [0.2, 0.25) is 0 Å². The molecule has 3 rings (SSSR count). The van der Waals surface area contributed by atoms with E-state index >= 15 is 0 Å². The van der Waals surface area contributed by atoms with E-state index in [1.807, 2.05) is 42.6 Å². The molecule has 2 atom stereocenters. The Morgan fingerprint density at radius 1 is 1.00 bits per heavy atom. The number of hydrogen-bond acceptors (Lipinski definition) is 3. The first-order valence-corrected chi connectivity index (χ1v) is 7.25. The molecule has 2 aromatic heterocycles. The van der Waals surface area contributed by atoms with Crippen molar-refractivity contribution in [3.63, 3.8) is 0 Å². The van der Waals surface area contributed by atoms with Crippen molar-refractivity contribution in [2.75, 3.05) is 0 Å². The topological polar surface area (TPSA) is 42.7 Å². The van der Waals surface area contributed by atoms with Crippen molar-refractivity contribution >= 4 is 11.0 Å². The number of fused-ring (bicyclic) bond motifs is 1.